The Bertz CT molecular complexity index is 325. The van der Waals surface area contributed by atoms with Gasteiger partial charge in [0.1, 0.15) is 6.04 Å². The molecule has 1 aromatic heterocycles. The Morgan fingerprint density at radius 2 is 2.38 bits per heavy atom. The molecule has 3 N–H and O–H groups in total. The van der Waals surface area contributed by atoms with Crippen molar-refractivity contribution < 1.29 is 14.3 Å². The third-order valence-electron chi connectivity index (χ3n) is 1.47. The van der Waals surface area contributed by atoms with Gasteiger partial charge in [0.05, 0.1) is 0 Å². The molecule has 1 rings (SSSR count). The molecule has 4 nitrogen and oxygen atoms in total. The van der Waals surface area contributed by atoms with Gasteiger partial charge in [0.2, 0.25) is 5.95 Å². The van der Waals surface area contributed by atoms with Crippen LogP contribution in [0.3, 0.4) is 0 Å². The lowest BCUT2D eigenvalue weighted by atomic mass is 10.1. The Balaban J connectivity index is 3.20. The van der Waals surface area contributed by atoms with Gasteiger partial charge in [-0.05, 0) is 28.7 Å². The average Bonchev–Trinajstić information content (AvgIpc) is 2.03. The smallest absolute Gasteiger partial charge is 0.325 e. The van der Waals surface area contributed by atoms with Crippen LogP contribution in [-0.2, 0) is 4.79 Å². The van der Waals surface area contributed by atoms with Gasteiger partial charge < -0.3 is 10.8 Å². The fourth-order valence-electron chi connectivity index (χ4n) is 0.826. The zero-order chi connectivity index (χ0) is 10.0. The highest BCUT2D eigenvalue weighted by molar-refractivity contribution is 14.1. The van der Waals surface area contributed by atoms with Crippen LogP contribution in [0.25, 0.3) is 0 Å². The van der Waals surface area contributed by atoms with Crippen molar-refractivity contribution in [2.45, 2.75) is 6.04 Å². The standard InChI is InChI=1S/C7H6FIN2O2/c8-6-4(5(10)7(12)13)3(9)1-2-11-6/h1-2,5H,10H2,(H,12,13). The number of pyridine rings is 1. The Morgan fingerprint density at radius 1 is 1.77 bits per heavy atom. The van der Waals surface area contributed by atoms with E-state index in [1.54, 1.807) is 0 Å². The third-order valence-corrected chi connectivity index (χ3v) is 2.41. The minimum absolute atomic E-state index is 0.0735. The molecule has 0 aliphatic rings. The summed E-state index contributed by atoms with van der Waals surface area (Å²) in [6, 6.07) is 0.141. The number of carboxylic acids is 1. The van der Waals surface area contributed by atoms with Crippen LogP contribution in [0.4, 0.5) is 4.39 Å². The fraction of sp³-hybridized carbons (Fsp3) is 0.143. The van der Waals surface area contributed by atoms with E-state index in [4.69, 9.17) is 10.8 Å². The lowest BCUT2D eigenvalue weighted by Gasteiger charge is -2.08. The van der Waals surface area contributed by atoms with Gasteiger partial charge in [-0.15, -0.1) is 0 Å². The van der Waals surface area contributed by atoms with E-state index in [1.165, 1.54) is 12.3 Å². The molecule has 0 radical (unpaired) electrons. The molecule has 1 aromatic rings. The topological polar surface area (TPSA) is 76.2 Å². The Kier molecular flexibility index (Phi) is 3.15. The highest BCUT2D eigenvalue weighted by atomic mass is 127. The fourth-order valence-corrected chi connectivity index (χ4v) is 1.55. The molecular weight excluding hydrogens is 290 g/mol. The zero-order valence-corrected chi connectivity index (χ0v) is 8.53. The Morgan fingerprint density at radius 3 is 2.85 bits per heavy atom. The van der Waals surface area contributed by atoms with E-state index >= 15 is 0 Å². The van der Waals surface area contributed by atoms with Crippen molar-refractivity contribution in [3.05, 3.63) is 27.3 Å². The first kappa shape index (κ1) is 10.3. The number of aliphatic carboxylic acids is 1. The first-order valence-electron chi connectivity index (χ1n) is 3.32. The molecule has 0 aromatic carbocycles. The number of hydrogen-bond acceptors (Lipinski definition) is 3. The monoisotopic (exact) mass is 296 g/mol. The predicted octanol–water partition coefficient (Wildman–Crippen LogP) is 0.910. The molecule has 0 aliphatic carbocycles. The second-order valence-corrected chi connectivity index (χ2v) is 3.48. The summed E-state index contributed by atoms with van der Waals surface area (Å²) in [5.74, 6) is -2.10. The maximum atomic E-state index is 13.0. The molecule has 6 heteroatoms. The number of hydrogen-bond donors (Lipinski definition) is 2. The zero-order valence-electron chi connectivity index (χ0n) is 6.37. The van der Waals surface area contributed by atoms with E-state index in [1.807, 2.05) is 22.6 Å². The van der Waals surface area contributed by atoms with Crippen LogP contribution in [0.2, 0.25) is 0 Å². The number of carbonyl (C=O) groups is 1. The number of nitrogens with zero attached hydrogens (tertiary/aromatic N) is 1. The summed E-state index contributed by atoms with van der Waals surface area (Å²) in [5, 5.41) is 8.56. The van der Waals surface area contributed by atoms with Crippen LogP contribution in [0, 0.1) is 9.52 Å². The first-order chi connectivity index (χ1) is 6.04. The summed E-state index contributed by atoms with van der Waals surface area (Å²) >= 11 is 1.81. The van der Waals surface area contributed by atoms with Gasteiger partial charge in [-0.1, -0.05) is 0 Å². The summed E-state index contributed by atoms with van der Waals surface area (Å²) in [6.07, 6.45) is 1.26. The Labute approximate surface area is 87.1 Å². The molecule has 1 unspecified atom stereocenters. The number of aromatic nitrogens is 1. The van der Waals surface area contributed by atoms with Crippen molar-refractivity contribution in [1.29, 1.82) is 0 Å². The van der Waals surface area contributed by atoms with Crippen molar-refractivity contribution in [1.82, 2.24) is 4.98 Å². The summed E-state index contributed by atoms with van der Waals surface area (Å²) in [5.41, 5.74) is 5.18. The molecule has 0 saturated carbocycles. The number of nitrogens with two attached hydrogens (primary N) is 1. The van der Waals surface area contributed by atoms with Crippen LogP contribution >= 0.6 is 22.6 Å². The third kappa shape index (κ3) is 2.13. The highest BCUT2D eigenvalue weighted by Gasteiger charge is 2.21. The molecule has 0 aliphatic heterocycles. The van der Waals surface area contributed by atoms with Crippen LogP contribution < -0.4 is 5.73 Å². The molecule has 0 bridgehead atoms. The lowest BCUT2D eigenvalue weighted by molar-refractivity contribution is -0.138. The Hall–Kier alpha value is -0.760. The number of carboxylic acid groups (broad SMARTS) is 1. The second kappa shape index (κ2) is 3.97. The van der Waals surface area contributed by atoms with E-state index in [-0.39, 0.29) is 5.56 Å². The van der Waals surface area contributed by atoms with Crippen LogP contribution in [0.1, 0.15) is 11.6 Å². The van der Waals surface area contributed by atoms with E-state index in [0.29, 0.717) is 3.57 Å². The summed E-state index contributed by atoms with van der Waals surface area (Å²) in [4.78, 5) is 13.8. The van der Waals surface area contributed by atoms with E-state index in [9.17, 15) is 9.18 Å². The first-order valence-corrected chi connectivity index (χ1v) is 4.40. The van der Waals surface area contributed by atoms with Crippen LogP contribution in [0.15, 0.2) is 12.3 Å². The van der Waals surface area contributed by atoms with Crippen molar-refractivity contribution in [3.8, 4) is 0 Å². The molecule has 70 valence electrons. The van der Waals surface area contributed by atoms with Crippen molar-refractivity contribution in [2.24, 2.45) is 5.73 Å². The van der Waals surface area contributed by atoms with Crippen molar-refractivity contribution in [3.63, 3.8) is 0 Å². The highest BCUT2D eigenvalue weighted by Crippen LogP contribution is 2.19. The number of halogens is 2. The van der Waals surface area contributed by atoms with E-state index in [2.05, 4.69) is 4.98 Å². The molecule has 0 saturated heterocycles. The number of rotatable bonds is 2. The molecule has 1 atom stereocenters. The van der Waals surface area contributed by atoms with Gasteiger partial charge in [0, 0.05) is 15.3 Å². The lowest BCUT2D eigenvalue weighted by Crippen LogP contribution is -2.23. The molecule has 0 amide bonds. The minimum atomic E-state index is -1.36. The second-order valence-electron chi connectivity index (χ2n) is 2.31. The maximum absolute atomic E-state index is 13.0. The molecular formula is C7H6FIN2O2. The average molecular weight is 296 g/mol. The van der Waals surface area contributed by atoms with Crippen LogP contribution in [-0.4, -0.2) is 16.1 Å². The van der Waals surface area contributed by atoms with Gasteiger partial charge in [0.25, 0.3) is 0 Å². The quantitative estimate of drug-likeness (QED) is 0.628. The van der Waals surface area contributed by atoms with E-state index in [0.717, 1.165) is 0 Å². The normalized spacial score (nSPS) is 12.5. The van der Waals surface area contributed by atoms with Gasteiger partial charge in [-0.3, -0.25) is 4.79 Å². The molecule has 1 heterocycles. The predicted molar refractivity (Wildman–Crippen MR) is 51.5 cm³/mol. The summed E-state index contributed by atoms with van der Waals surface area (Å²) in [7, 11) is 0. The van der Waals surface area contributed by atoms with Crippen LogP contribution in [0.5, 0.6) is 0 Å². The summed E-state index contributed by atoms with van der Waals surface area (Å²) in [6.45, 7) is 0. The van der Waals surface area contributed by atoms with Gasteiger partial charge in [-0.2, -0.15) is 4.39 Å². The van der Waals surface area contributed by atoms with Gasteiger partial charge >= 0.3 is 5.97 Å². The minimum Gasteiger partial charge on any atom is -0.480 e. The summed E-state index contributed by atoms with van der Waals surface area (Å²) < 4.78 is 13.5. The SMILES string of the molecule is NC(C(=O)O)c1c(I)ccnc1F. The maximum Gasteiger partial charge on any atom is 0.325 e. The molecule has 0 spiro atoms. The molecule has 13 heavy (non-hydrogen) atoms. The largest absolute Gasteiger partial charge is 0.480 e. The van der Waals surface area contributed by atoms with Crippen molar-refractivity contribution >= 4 is 28.6 Å². The van der Waals surface area contributed by atoms with Gasteiger partial charge in [-0.25, -0.2) is 4.98 Å². The van der Waals surface area contributed by atoms with Crippen molar-refractivity contribution in [2.75, 3.05) is 0 Å². The van der Waals surface area contributed by atoms with Gasteiger partial charge in [0.15, 0.2) is 0 Å². The van der Waals surface area contributed by atoms with E-state index < -0.39 is 18.0 Å². The molecule has 0 fully saturated rings.